The average Bonchev–Trinajstić information content (AvgIpc) is 2.68. The van der Waals surface area contributed by atoms with Gasteiger partial charge in [-0.2, -0.15) is 0 Å². The highest BCUT2D eigenvalue weighted by molar-refractivity contribution is 5.94. The van der Waals surface area contributed by atoms with Gasteiger partial charge in [0, 0.05) is 45.1 Å². The summed E-state index contributed by atoms with van der Waals surface area (Å²) < 4.78 is 5.30. The third-order valence-electron chi connectivity index (χ3n) is 4.61. The Labute approximate surface area is 147 Å². The van der Waals surface area contributed by atoms with Crippen molar-refractivity contribution in [3.63, 3.8) is 0 Å². The predicted octanol–water partition coefficient (Wildman–Crippen LogP) is 0.619. The van der Waals surface area contributed by atoms with Gasteiger partial charge in [-0.15, -0.1) is 0 Å². The number of hydrogen-bond donors (Lipinski definition) is 1. The number of morpholine rings is 1. The molecule has 1 atom stereocenters. The molecule has 8 heteroatoms. The molecule has 2 saturated heterocycles. The summed E-state index contributed by atoms with van der Waals surface area (Å²) in [6.45, 7) is 6.29. The molecule has 0 aliphatic carbocycles. The summed E-state index contributed by atoms with van der Waals surface area (Å²) in [6, 6.07) is 0. The molecular formula is C17H25N5O3. The fourth-order valence-electron chi connectivity index (χ4n) is 3.28. The minimum absolute atomic E-state index is 0.109. The lowest BCUT2D eigenvalue weighted by Crippen LogP contribution is -2.49. The van der Waals surface area contributed by atoms with Crippen LogP contribution in [-0.4, -0.2) is 77.5 Å². The van der Waals surface area contributed by atoms with Crippen molar-refractivity contribution in [1.82, 2.24) is 19.8 Å². The van der Waals surface area contributed by atoms with E-state index in [-0.39, 0.29) is 17.7 Å². The van der Waals surface area contributed by atoms with Gasteiger partial charge in [0.2, 0.25) is 11.9 Å². The molecule has 1 aromatic rings. The molecule has 0 unspecified atom stereocenters. The van der Waals surface area contributed by atoms with Gasteiger partial charge in [0.25, 0.3) is 5.91 Å². The molecule has 1 N–H and O–H groups in total. The first-order chi connectivity index (χ1) is 12.2. The average molecular weight is 347 g/mol. The van der Waals surface area contributed by atoms with Gasteiger partial charge in [0.15, 0.2) is 0 Å². The number of amides is 2. The first kappa shape index (κ1) is 17.6. The normalized spacial score (nSPS) is 21.1. The fraction of sp³-hybridized carbons (Fsp3) is 0.647. The van der Waals surface area contributed by atoms with E-state index in [0.717, 1.165) is 19.4 Å². The Bertz CT molecular complexity index is 601. The second kappa shape index (κ2) is 8.24. The van der Waals surface area contributed by atoms with Crippen LogP contribution < -0.4 is 5.32 Å². The number of nitrogens with one attached hydrogen (secondary N) is 1. The minimum Gasteiger partial charge on any atom is -0.378 e. The first-order valence-electron chi connectivity index (χ1n) is 8.90. The van der Waals surface area contributed by atoms with Crippen LogP contribution >= 0.6 is 0 Å². The molecule has 0 spiro atoms. The third-order valence-corrected chi connectivity index (χ3v) is 4.61. The van der Waals surface area contributed by atoms with Gasteiger partial charge in [-0.1, -0.05) is 0 Å². The molecule has 1 aromatic heterocycles. The highest BCUT2D eigenvalue weighted by Gasteiger charge is 2.32. The first-order valence-corrected chi connectivity index (χ1v) is 8.90. The standard InChI is InChI=1S/C17H25N5O3/c1-2-18-17-19-10-14(11-20-17)16(24)22-5-3-4-13(12-22)15(23)21-6-8-25-9-7-21/h10-11,13H,2-9,12H2,1H3,(H,18,19,20)/t13-/m0/s1. The summed E-state index contributed by atoms with van der Waals surface area (Å²) in [7, 11) is 0. The number of ether oxygens (including phenoxy) is 1. The van der Waals surface area contributed by atoms with Crippen LogP contribution in [0.15, 0.2) is 12.4 Å². The Morgan fingerprint density at radius 2 is 1.92 bits per heavy atom. The Morgan fingerprint density at radius 3 is 2.60 bits per heavy atom. The van der Waals surface area contributed by atoms with E-state index in [4.69, 9.17) is 4.74 Å². The zero-order valence-corrected chi connectivity index (χ0v) is 14.6. The Morgan fingerprint density at radius 1 is 1.20 bits per heavy atom. The van der Waals surface area contributed by atoms with Crippen molar-refractivity contribution in [3.05, 3.63) is 18.0 Å². The van der Waals surface area contributed by atoms with Gasteiger partial charge in [-0.25, -0.2) is 9.97 Å². The number of rotatable bonds is 4. The largest absolute Gasteiger partial charge is 0.378 e. The third kappa shape index (κ3) is 4.25. The van der Waals surface area contributed by atoms with Gasteiger partial charge in [0.05, 0.1) is 24.7 Å². The summed E-state index contributed by atoms with van der Waals surface area (Å²) >= 11 is 0. The summed E-state index contributed by atoms with van der Waals surface area (Å²) in [5.41, 5.74) is 0.459. The number of carbonyl (C=O) groups excluding carboxylic acids is 2. The molecule has 0 aromatic carbocycles. The van der Waals surface area contributed by atoms with Crippen LogP contribution in [0.25, 0.3) is 0 Å². The maximum atomic E-state index is 12.7. The molecule has 136 valence electrons. The van der Waals surface area contributed by atoms with Gasteiger partial charge >= 0.3 is 0 Å². The summed E-state index contributed by atoms with van der Waals surface area (Å²) in [4.78, 5) is 37.3. The SMILES string of the molecule is CCNc1ncc(C(=O)N2CCC[C@H](C(=O)N3CCOCC3)C2)cn1. The van der Waals surface area contributed by atoms with Gasteiger partial charge < -0.3 is 19.9 Å². The lowest BCUT2D eigenvalue weighted by atomic mass is 9.96. The molecule has 2 aliphatic rings. The van der Waals surface area contributed by atoms with Crippen molar-refractivity contribution in [2.24, 2.45) is 5.92 Å². The maximum absolute atomic E-state index is 12.7. The monoisotopic (exact) mass is 347 g/mol. The number of hydrogen-bond acceptors (Lipinski definition) is 6. The second-order valence-electron chi connectivity index (χ2n) is 6.35. The van der Waals surface area contributed by atoms with Crippen molar-refractivity contribution in [3.8, 4) is 0 Å². The van der Waals surface area contributed by atoms with E-state index in [9.17, 15) is 9.59 Å². The number of nitrogens with zero attached hydrogens (tertiary/aromatic N) is 4. The molecule has 2 aliphatic heterocycles. The molecule has 0 saturated carbocycles. The Balaban J connectivity index is 1.61. The highest BCUT2D eigenvalue weighted by atomic mass is 16.5. The molecule has 3 heterocycles. The fourth-order valence-corrected chi connectivity index (χ4v) is 3.28. The maximum Gasteiger partial charge on any atom is 0.257 e. The summed E-state index contributed by atoms with van der Waals surface area (Å²) in [5, 5.41) is 3.00. The van der Waals surface area contributed by atoms with E-state index in [0.29, 0.717) is 50.9 Å². The molecule has 3 rings (SSSR count). The van der Waals surface area contributed by atoms with E-state index in [1.54, 1.807) is 17.3 Å². The second-order valence-corrected chi connectivity index (χ2v) is 6.35. The number of piperidine rings is 1. The number of likely N-dealkylation sites (tertiary alicyclic amines) is 1. The van der Waals surface area contributed by atoms with E-state index >= 15 is 0 Å². The van der Waals surface area contributed by atoms with Crippen LogP contribution in [0.2, 0.25) is 0 Å². The molecule has 0 bridgehead atoms. The highest BCUT2D eigenvalue weighted by Crippen LogP contribution is 2.21. The van der Waals surface area contributed by atoms with Crippen LogP contribution in [0.1, 0.15) is 30.1 Å². The molecule has 0 radical (unpaired) electrons. The van der Waals surface area contributed by atoms with Crippen LogP contribution in [0, 0.1) is 5.92 Å². The smallest absolute Gasteiger partial charge is 0.257 e. The van der Waals surface area contributed by atoms with Crippen LogP contribution in [0.4, 0.5) is 5.95 Å². The molecular weight excluding hydrogens is 322 g/mol. The number of anilines is 1. The van der Waals surface area contributed by atoms with E-state index in [2.05, 4.69) is 15.3 Å². The molecule has 2 amide bonds. The van der Waals surface area contributed by atoms with Crippen molar-refractivity contribution < 1.29 is 14.3 Å². The van der Waals surface area contributed by atoms with Crippen molar-refractivity contribution >= 4 is 17.8 Å². The number of carbonyl (C=O) groups is 2. The lowest BCUT2D eigenvalue weighted by molar-refractivity contribution is -0.141. The summed E-state index contributed by atoms with van der Waals surface area (Å²) in [5.74, 6) is 0.415. The Kier molecular flexibility index (Phi) is 5.80. The van der Waals surface area contributed by atoms with E-state index in [1.807, 2.05) is 11.8 Å². The predicted molar refractivity (Wildman–Crippen MR) is 92.2 cm³/mol. The van der Waals surface area contributed by atoms with E-state index in [1.165, 1.54) is 0 Å². The van der Waals surface area contributed by atoms with E-state index < -0.39 is 0 Å². The zero-order valence-electron chi connectivity index (χ0n) is 14.6. The van der Waals surface area contributed by atoms with Gasteiger partial charge in [-0.05, 0) is 19.8 Å². The quantitative estimate of drug-likeness (QED) is 0.859. The Hall–Kier alpha value is -2.22. The van der Waals surface area contributed by atoms with Crippen LogP contribution in [0.3, 0.4) is 0 Å². The molecule has 2 fully saturated rings. The molecule has 25 heavy (non-hydrogen) atoms. The summed E-state index contributed by atoms with van der Waals surface area (Å²) in [6.07, 6.45) is 4.75. The van der Waals surface area contributed by atoms with Gasteiger partial charge in [-0.3, -0.25) is 9.59 Å². The topological polar surface area (TPSA) is 87.7 Å². The zero-order chi connectivity index (χ0) is 17.6. The minimum atomic E-state index is -0.127. The van der Waals surface area contributed by atoms with Crippen molar-refractivity contribution in [1.29, 1.82) is 0 Å². The number of aromatic nitrogens is 2. The van der Waals surface area contributed by atoms with Crippen molar-refractivity contribution in [2.75, 3.05) is 51.3 Å². The van der Waals surface area contributed by atoms with Crippen LogP contribution in [-0.2, 0) is 9.53 Å². The van der Waals surface area contributed by atoms with Crippen molar-refractivity contribution in [2.45, 2.75) is 19.8 Å². The van der Waals surface area contributed by atoms with Crippen LogP contribution in [0.5, 0.6) is 0 Å². The lowest BCUT2D eigenvalue weighted by Gasteiger charge is -2.36. The molecule has 8 nitrogen and oxygen atoms in total. The van der Waals surface area contributed by atoms with Gasteiger partial charge in [0.1, 0.15) is 0 Å².